The van der Waals surface area contributed by atoms with Gasteiger partial charge in [0.05, 0.1) is 11.3 Å². The lowest BCUT2D eigenvalue weighted by atomic mass is 9.80. The molecular weight excluding hydrogens is 278 g/mol. The molecule has 1 unspecified atom stereocenters. The molecule has 0 aliphatic carbocycles. The quantitative estimate of drug-likeness (QED) is 0.881. The topological polar surface area (TPSA) is 66.4 Å². The Morgan fingerprint density at radius 1 is 1.35 bits per heavy atom. The highest BCUT2D eigenvalue weighted by atomic mass is 35.5. The molecule has 0 aromatic heterocycles. The molecule has 0 saturated heterocycles. The number of anilines is 1. The van der Waals surface area contributed by atoms with Crippen molar-refractivity contribution in [1.29, 1.82) is 0 Å². The highest BCUT2D eigenvalue weighted by molar-refractivity contribution is 6.31. The molecule has 4 nitrogen and oxygen atoms in total. The fourth-order valence-corrected chi connectivity index (χ4v) is 1.76. The number of amides is 1. The average molecular weight is 298 g/mol. The van der Waals surface area contributed by atoms with E-state index in [-0.39, 0.29) is 28.5 Å². The van der Waals surface area contributed by atoms with E-state index in [4.69, 9.17) is 16.7 Å². The van der Waals surface area contributed by atoms with Crippen LogP contribution in [0.5, 0.6) is 0 Å². The van der Waals surface area contributed by atoms with E-state index in [1.54, 1.807) is 6.07 Å². The Morgan fingerprint density at radius 3 is 2.45 bits per heavy atom. The Morgan fingerprint density at radius 2 is 1.95 bits per heavy atom. The van der Waals surface area contributed by atoms with E-state index in [9.17, 15) is 9.59 Å². The zero-order chi connectivity index (χ0) is 15.5. The summed E-state index contributed by atoms with van der Waals surface area (Å²) in [5.41, 5.74) is 0.287. The Balaban J connectivity index is 2.84. The molecule has 0 aliphatic heterocycles. The van der Waals surface area contributed by atoms with E-state index in [1.165, 1.54) is 12.1 Å². The molecule has 20 heavy (non-hydrogen) atoms. The van der Waals surface area contributed by atoms with Crippen LogP contribution >= 0.6 is 11.6 Å². The van der Waals surface area contributed by atoms with Crippen LogP contribution in [0.25, 0.3) is 0 Å². The van der Waals surface area contributed by atoms with Crippen LogP contribution in [-0.2, 0) is 4.79 Å². The molecule has 1 aromatic rings. The first-order valence-corrected chi connectivity index (χ1v) is 6.81. The van der Waals surface area contributed by atoms with Crippen LogP contribution in [0.4, 0.5) is 5.69 Å². The summed E-state index contributed by atoms with van der Waals surface area (Å²) in [7, 11) is 0. The van der Waals surface area contributed by atoms with Crippen molar-refractivity contribution >= 4 is 29.2 Å². The molecule has 0 fully saturated rings. The summed E-state index contributed by atoms with van der Waals surface area (Å²) < 4.78 is 0. The SMILES string of the molecule is CC(CC(=O)Nc1ccc(Cl)cc1C(=O)O)C(C)(C)C. The van der Waals surface area contributed by atoms with Crippen molar-refractivity contribution in [3.8, 4) is 0 Å². The molecule has 0 bridgehead atoms. The highest BCUT2D eigenvalue weighted by Crippen LogP contribution is 2.28. The molecule has 1 rings (SSSR count). The van der Waals surface area contributed by atoms with Crippen LogP contribution in [-0.4, -0.2) is 17.0 Å². The Kier molecular flexibility index (Phi) is 5.17. The third-order valence-corrected chi connectivity index (χ3v) is 3.69. The zero-order valence-electron chi connectivity index (χ0n) is 12.2. The number of hydrogen-bond donors (Lipinski definition) is 2. The predicted octanol–water partition coefficient (Wildman–Crippen LogP) is 4.05. The van der Waals surface area contributed by atoms with Crippen molar-refractivity contribution in [1.82, 2.24) is 0 Å². The van der Waals surface area contributed by atoms with Crippen molar-refractivity contribution in [3.05, 3.63) is 28.8 Å². The van der Waals surface area contributed by atoms with Crippen molar-refractivity contribution in [2.45, 2.75) is 34.1 Å². The number of rotatable bonds is 4. The third kappa shape index (κ3) is 4.53. The van der Waals surface area contributed by atoms with Crippen molar-refractivity contribution in [2.75, 3.05) is 5.32 Å². The highest BCUT2D eigenvalue weighted by Gasteiger charge is 2.23. The van der Waals surface area contributed by atoms with Crippen LogP contribution < -0.4 is 5.32 Å². The Labute approximate surface area is 124 Å². The predicted molar refractivity (Wildman–Crippen MR) is 80.3 cm³/mol. The lowest BCUT2D eigenvalue weighted by Gasteiger charge is -2.26. The summed E-state index contributed by atoms with van der Waals surface area (Å²) in [5, 5.41) is 12.1. The molecule has 2 N–H and O–H groups in total. The second-order valence-corrected chi connectivity index (χ2v) is 6.45. The molecule has 0 heterocycles. The summed E-state index contributed by atoms with van der Waals surface area (Å²) in [6.07, 6.45) is 0.338. The fraction of sp³-hybridized carbons (Fsp3) is 0.467. The number of carbonyl (C=O) groups is 2. The van der Waals surface area contributed by atoms with Gasteiger partial charge >= 0.3 is 5.97 Å². The van der Waals surface area contributed by atoms with Gasteiger partial charge in [-0.25, -0.2) is 4.79 Å². The van der Waals surface area contributed by atoms with Crippen molar-refractivity contribution in [3.63, 3.8) is 0 Å². The number of benzene rings is 1. The molecule has 1 aromatic carbocycles. The number of carboxylic acids is 1. The fourth-order valence-electron chi connectivity index (χ4n) is 1.59. The third-order valence-electron chi connectivity index (χ3n) is 3.46. The number of aromatic carboxylic acids is 1. The minimum atomic E-state index is -1.12. The maximum absolute atomic E-state index is 12.0. The minimum absolute atomic E-state index is 0.00531. The second-order valence-electron chi connectivity index (χ2n) is 6.01. The van der Waals surface area contributed by atoms with Crippen LogP contribution in [0.1, 0.15) is 44.5 Å². The van der Waals surface area contributed by atoms with Gasteiger partial charge in [0.15, 0.2) is 0 Å². The van der Waals surface area contributed by atoms with Gasteiger partial charge in [0.1, 0.15) is 0 Å². The number of hydrogen-bond acceptors (Lipinski definition) is 2. The van der Waals surface area contributed by atoms with Gasteiger partial charge in [0.25, 0.3) is 0 Å². The van der Waals surface area contributed by atoms with Gasteiger partial charge in [-0.3, -0.25) is 4.79 Å². The van der Waals surface area contributed by atoms with Crippen LogP contribution in [0, 0.1) is 11.3 Å². The largest absolute Gasteiger partial charge is 0.478 e. The smallest absolute Gasteiger partial charge is 0.337 e. The zero-order valence-corrected chi connectivity index (χ0v) is 12.9. The molecular formula is C15H20ClNO3. The number of carboxylic acid groups (broad SMARTS) is 1. The summed E-state index contributed by atoms with van der Waals surface area (Å²) in [6, 6.07) is 4.38. The van der Waals surface area contributed by atoms with Gasteiger partial charge in [-0.15, -0.1) is 0 Å². The number of halogens is 1. The summed E-state index contributed by atoms with van der Waals surface area (Å²) in [5.74, 6) is -1.13. The van der Waals surface area contributed by atoms with Crippen LogP contribution in [0.3, 0.4) is 0 Å². The summed E-state index contributed by atoms with van der Waals surface area (Å²) in [6.45, 7) is 8.20. The average Bonchev–Trinajstić information content (AvgIpc) is 2.29. The monoisotopic (exact) mass is 297 g/mol. The van der Waals surface area contributed by atoms with Gasteiger partial charge in [-0.05, 0) is 29.5 Å². The molecule has 1 atom stereocenters. The lowest BCUT2D eigenvalue weighted by molar-refractivity contribution is -0.117. The second kappa shape index (κ2) is 6.27. The molecule has 110 valence electrons. The van der Waals surface area contributed by atoms with Gasteiger partial charge in [0, 0.05) is 11.4 Å². The number of nitrogens with one attached hydrogen (secondary N) is 1. The molecule has 0 aliphatic rings. The molecule has 5 heteroatoms. The van der Waals surface area contributed by atoms with Crippen molar-refractivity contribution in [2.24, 2.45) is 11.3 Å². The van der Waals surface area contributed by atoms with E-state index >= 15 is 0 Å². The normalized spacial score (nSPS) is 12.8. The Hall–Kier alpha value is -1.55. The first-order valence-electron chi connectivity index (χ1n) is 6.44. The summed E-state index contributed by atoms with van der Waals surface area (Å²) >= 11 is 5.77. The van der Waals surface area contributed by atoms with Gasteiger partial charge in [0.2, 0.25) is 5.91 Å². The van der Waals surface area contributed by atoms with Crippen molar-refractivity contribution < 1.29 is 14.7 Å². The first-order chi connectivity index (χ1) is 9.11. The maximum Gasteiger partial charge on any atom is 0.337 e. The van der Waals surface area contributed by atoms with E-state index < -0.39 is 5.97 Å². The Bertz CT molecular complexity index is 520. The van der Waals surface area contributed by atoms with Crippen LogP contribution in [0.15, 0.2) is 18.2 Å². The van der Waals surface area contributed by atoms with E-state index in [0.717, 1.165) is 0 Å². The van der Waals surface area contributed by atoms with Gasteiger partial charge in [-0.2, -0.15) is 0 Å². The molecule has 0 spiro atoms. The minimum Gasteiger partial charge on any atom is -0.478 e. The summed E-state index contributed by atoms with van der Waals surface area (Å²) in [4.78, 5) is 23.1. The standard InChI is InChI=1S/C15H20ClNO3/c1-9(15(2,3)4)7-13(18)17-12-6-5-10(16)8-11(12)14(19)20/h5-6,8-9H,7H2,1-4H3,(H,17,18)(H,19,20). The lowest BCUT2D eigenvalue weighted by Crippen LogP contribution is -2.24. The first kappa shape index (κ1) is 16.5. The molecule has 1 amide bonds. The van der Waals surface area contributed by atoms with Gasteiger partial charge in [-0.1, -0.05) is 39.3 Å². The molecule has 0 radical (unpaired) electrons. The van der Waals surface area contributed by atoms with Crippen LogP contribution in [0.2, 0.25) is 5.02 Å². The van der Waals surface area contributed by atoms with E-state index in [1.807, 2.05) is 6.92 Å². The van der Waals surface area contributed by atoms with Gasteiger partial charge < -0.3 is 10.4 Å². The molecule has 0 saturated carbocycles. The van der Waals surface area contributed by atoms with E-state index in [0.29, 0.717) is 11.4 Å². The number of carbonyl (C=O) groups excluding carboxylic acids is 1. The van der Waals surface area contributed by atoms with E-state index in [2.05, 4.69) is 26.1 Å². The maximum atomic E-state index is 12.0.